The summed E-state index contributed by atoms with van der Waals surface area (Å²) in [4.78, 5) is 43.1. The molecular weight excluding hydrogens is 450 g/mol. The Labute approximate surface area is 205 Å². The van der Waals surface area contributed by atoms with Crippen LogP contribution in [-0.2, 0) is 0 Å². The average molecular weight is 470 g/mol. The molecule has 3 aromatic heterocycles. The molecule has 0 radical (unpaired) electrons. The van der Waals surface area contributed by atoms with Crippen LogP contribution in [0.15, 0.2) is 108 Å². The summed E-state index contributed by atoms with van der Waals surface area (Å²) in [5.41, 5.74) is 4.37. The number of hydrogen-bond acceptors (Lipinski definition) is 5. The SMILES string of the molecule is O=C(Nc1c[nH]c2nc(-c3ccccc3)c(-c3ccc4ncccc4c3)nc2c1=O)c1ccccc1. The number of hydrogen-bond donors (Lipinski definition) is 2. The lowest BCUT2D eigenvalue weighted by atomic mass is 10.0. The van der Waals surface area contributed by atoms with Gasteiger partial charge in [0.05, 0.1) is 16.9 Å². The lowest BCUT2D eigenvalue weighted by Gasteiger charge is -2.12. The molecule has 3 aromatic carbocycles. The first-order valence-electron chi connectivity index (χ1n) is 11.4. The second-order valence-corrected chi connectivity index (χ2v) is 8.25. The zero-order chi connectivity index (χ0) is 24.5. The van der Waals surface area contributed by atoms with E-state index in [1.54, 1.807) is 30.5 Å². The molecule has 3 heterocycles. The van der Waals surface area contributed by atoms with E-state index in [2.05, 4.69) is 15.3 Å². The molecule has 1 amide bonds. The van der Waals surface area contributed by atoms with Gasteiger partial charge in [0.25, 0.3) is 5.91 Å². The Kier molecular flexibility index (Phi) is 5.27. The summed E-state index contributed by atoms with van der Waals surface area (Å²) in [6.45, 7) is 0. The van der Waals surface area contributed by atoms with Gasteiger partial charge in [-0.2, -0.15) is 0 Å². The van der Waals surface area contributed by atoms with Crippen molar-refractivity contribution in [1.82, 2.24) is 19.9 Å². The van der Waals surface area contributed by atoms with E-state index < -0.39 is 5.43 Å². The molecule has 172 valence electrons. The smallest absolute Gasteiger partial charge is 0.255 e. The van der Waals surface area contributed by atoms with Gasteiger partial charge in [0.1, 0.15) is 5.69 Å². The summed E-state index contributed by atoms with van der Waals surface area (Å²) in [6.07, 6.45) is 3.20. The van der Waals surface area contributed by atoms with E-state index in [1.807, 2.05) is 66.7 Å². The molecule has 2 N–H and O–H groups in total. The van der Waals surface area contributed by atoms with Crippen LogP contribution in [0.2, 0.25) is 0 Å². The first-order valence-corrected chi connectivity index (χ1v) is 11.4. The van der Waals surface area contributed by atoms with E-state index in [9.17, 15) is 9.59 Å². The van der Waals surface area contributed by atoms with E-state index in [-0.39, 0.29) is 17.1 Å². The average Bonchev–Trinajstić information content (AvgIpc) is 2.94. The number of carbonyl (C=O) groups excluding carboxylic acids is 1. The highest BCUT2D eigenvalue weighted by Crippen LogP contribution is 2.31. The van der Waals surface area contributed by atoms with Crippen molar-refractivity contribution in [3.8, 4) is 22.5 Å². The van der Waals surface area contributed by atoms with Crippen LogP contribution in [0, 0.1) is 0 Å². The van der Waals surface area contributed by atoms with Gasteiger partial charge < -0.3 is 10.3 Å². The van der Waals surface area contributed by atoms with Crippen LogP contribution in [0.5, 0.6) is 0 Å². The molecule has 0 spiro atoms. The van der Waals surface area contributed by atoms with Crippen LogP contribution in [0.25, 0.3) is 44.6 Å². The van der Waals surface area contributed by atoms with Crippen molar-refractivity contribution < 1.29 is 4.79 Å². The summed E-state index contributed by atoms with van der Waals surface area (Å²) in [5.74, 6) is -0.378. The van der Waals surface area contributed by atoms with Gasteiger partial charge in [0, 0.05) is 34.5 Å². The second kappa shape index (κ2) is 8.88. The molecule has 0 aliphatic heterocycles. The Balaban J connectivity index is 1.53. The van der Waals surface area contributed by atoms with Crippen LogP contribution in [-0.4, -0.2) is 25.8 Å². The summed E-state index contributed by atoms with van der Waals surface area (Å²) < 4.78 is 0. The maximum absolute atomic E-state index is 13.4. The highest BCUT2D eigenvalue weighted by atomic mass is 16.2. The standard InChI is InChI=1S/C29H19N5O2/c35-27-23(32-29(36)19-10-5-2-6-11-19)17-31-28-26(27)33-25(24(34-28)18-8-3-1-4-9-18)21-13-14-22-20(16-21)12-7-15-30-22/h1-17H,(H,32,36)(H,31,34,35). The highest BCUT2D eigenvalue weighted by molar-refractivity contribution is 6.04. The molecule has 0 saturated carbocycles. The lowest BCUT2D eigenvalue weighted by molar-refractivity contribution is 0.102. The van der Waals surface area contributed by atoms with Crippen molar-refractivity contribution in [2.75, 3.05) is 5.32 Å². The molecule has 7 nitrogen and oxygen atoms in total. The molecular formula is C29H19N5O2. The zero-order valence-electron chi connectivity index (χ0n) is 19.0. The van der Waals surface area contributed by atoms with Crippen LogP contribution in [0.4, 0.5) is 5.69 Å². The number of aromatic nitrogens is 4. The van der Waals surface area contributed by atoms with Gasteiger partial charge in [-0.15, -0.1) is 0 Å². The number of rotatable bonds is 4. The van der Waals surface area contributed by atoms with Gasteiger partial charge >= 0.3 is 0 Å². The minimum Gasteiger partial charge on any atom is -0.343 e. The van der Waals surface area contributed by atoms with E-state index >= 15 is 0 Å². The van der Waals surface area contributed by atoms with Crippen LogP contribution in [0.1, 0.15) is 10.4 Å². The van der Waals surface area contributed by atoms with E-state index in [0.29, 0.717) is 22.6 Å². The van der Waals surface area contributed by atoms with Crippen LogP contribution < -0.4 is 10.7 Å². The molecule has 7 heteroatoms. The predicted octanol–water partition coefficient (Wildman–Crippen LogP) is 5.45. The van der Waals surface area contributed by atoms with Gasteiger partial charge in [-0.3, -0.25) is 14.6 Å². The molecule has 0 saturated heterocycles. The Morgan fingerprint density at radius 2 is 1.53 bits per heavy atom. The van der Waals surface area contributed by atoms with E-state index in [0.717, 1.165) is 22.0 Å². The Bertz CT molecular complexity index is 1800. The number of nitrogens with zero attached hydrogens (tertiary/aromatic N) is 3. The maximum atomic E-state index is 13.4. The Morgan fingerprint density at radius 1 is 0.778 bits per heavy atom. The Morgan fingerprint density at radius 3 is 2.33 bits per heavy atom. The van der Waals surface area contributed by atoms with Crippen molar-refractivity contribution in [2.24, 2.45) is 0 Å². The maximum Gasteiger partial charge on any atom is 0.255 e. The van der Waals surface area contributed by atoms with Crippen LogP contribution in [0.3, 0.4) is 0 Å². The Hall–Kier alpha value is -5.17. The minimum absolute atomic E-state index is 0.103. The molecule has 0 aliphatic rings. The largest absolute Gasteiger partial charge is 0.343 e. The molecule has 0 bridgehead atoms. The normalized spacial score (nSPS) is 11.0. The fourth-order valence-corrected chi connectivity index (χ4v) is 4.13. The molecule has 0 fully saturated rings. The van der Waals surface area contributed by atoms with Crippen LogP contribution >= 0.6 is 0 Å². The third-order valence-corrected chi connectivity index (χ3v) is 5.92. The summed E-state index contributed by atoms with van der Waals surface area (Å²) >= 11 is 0. The van der Waals surface area contributed by atoms with E-state index in [1.165, 1.54) is 6.20 Å². The lowest BCUT2D eigenvalue weighted by Crippen LogP contribution is -2.19. The zero-order valence-corrected chi connectivity index (χ0v) is 19.0. The fourth-order valence-electron chi connectivity index (χ4n) is 4.13. The number of H-pyrrole nitrogens is 1. The van der Waals surface area contributed by atoms with E-state index in [4.69, 9.17) is 9.97 Å². The van der Waals surface area contributed by atoms with Crippen molar-refractivity contribution in [2.45, 2.75) is 0 Å². The fraction of sp³-hybridized carbons (Fsp3) is 0. The topological polar surface area (TPSA) is 101 Å². The molecule has 0 unspecified atom stereocenters. The summed E-state index contributed by atoms with van der Waals surface area (Å²) in [6, 6.07) is 28.1. The summed E-state index contributed by atoms with van der Waals surface area (Å²) in [7, 11) is 0. The monoisotopic (exact) mass is 469 g/mol. The number of carbonyl (C=O) groups is 1. The first kappa shape index (κ1) is 21.4. The van der Waals surface area contributed by atoms with Crippen molar-refractivity contribution in [3.63, 3.8) is 0 Å². The first-order chi connectivity index (χ1) is 17.7. The highest BCUT2D eigenvalue weighted by Gasteiger charge is 2.18. The van der Waals surface area contributed by atoms with Crippen molar-refractivity contribution >= 4 is 33.7 Å². The molecule has 6 rings (SSSR count). The summed E-state index contributed by atoms with van der Waals surface area (Å²) in [5, 5.41) is 3.64. The number of nitrogens with one attached hydrogen (secondary N) is 2. The number of aromatic amines is 1. The number of fused-ring (bicyclic) bond motifs is 2. The molecule has 6 aromatic rings. The van der Waals surface area contributed by atoms with Crippen molar-refractivity contribution in [1.29, 1.82) is 0 Å². The third kappa shape index (κ3) is 3.88. The van der Waals surface area contributed by atoms with Gasteiger partial charge in [-0.1, -0.05) is 60.7 Å². The second-order valence-electron chi connectivity index (χ2n) is 8.25. The number of benzene rings is 3. The predicted molar refractivity (Wildman–Crippen MR) is 141 cm³/mol. The molecule has 36 heavy (non-hydrogen) atoms. The number of anilines is 1. The number of amides is 1. The quantitative estimate of drug-likeness (QED) is 0.357. The molecule has 0 atom stereocenters. The minimum atomic E-state index is -0.413. The van der Waals surface area contributed by atoms with Gasteiger partial charge in [0.2, 0.25) is 5.43 Å². The van der Waals surface area contributed by atoms with Gasteiger partial charge in [-0.25, -0.2) is 9.97 Å². The molecule has 0 aliphatic carbocycles. The van der Waals surface area contributed by atoms with Crippen molar-refractivity contribution in [3.05, 3.63) is 119 Å². The number of pyridine rings is 2. The van der Waals surface area contributed by atoms with Gasteiger partial charge in [-0.05, 0) is 30.3 Å². The van der Waals surface area contributed by atoms with Gasteiger partial charge in [0.15, 0.2) is 11.2 Å². The third-order valence-electron chi connectivity index (χ3n) is 5.92.